The Hall–Kier alpha value is -1.46. The van der Waals surface area contributed by atoms with E-state index < -0.39 is 0 Å². The van der Waals surface area contributed by atoms with Crippen LogP contribution in [0.3, 0.4) is 0 Å². The number of hydrogen-bond donors (Lipinski definition) is 2. The minimum Gasteiger partial charge on any atom is -0.388 e. The van der Waals surface area contributed by atoms with E-state index in [-0.39, 0.29) is 5.84 Å². The minimum absolute atomic E-state index is 0.149. The van der Waals surface area contributed by atoms with Crippen molar-refractivity contribution in [2.45, 2.75) is 13.0 Å². The lowest BCUT2D eigenvalue weighted by atomic mass is 10.4. The first kappa shape index (κ1) is 6.66. The van der Waals surface area contributed by atoms with Crippen LogP contribution in [0.5, 0.6) is 0 Å². The molecule has 0 aliphatic rings. The summed E-state index contributed by atoms with van der Waals surface area (Å²) < 4.78 is 1.53. The smallest absolute Gasteiger partial charge is 0.138 e. The molecule has 0 spiro atoms. The lowest BCUT2D eigenvalue weighted by molar-refractivity contribution is 0.603. The van der Waals surface area contributed by atoms with Gasteiger partial charge in [0.1, 0.15) is 6.33 Å². The lowest BCUT2D eigenvalue weighted by Gasteiger charge is -1.95. The highest BCUT2D eigenvalue weighted by Gasteiger charge is 1.92. The van der Waals surface area contributed by atoms with Gasteiger partial charge in [-0.3, -0.25) is 5.41 Å². The molecule has 0 amide bonds. The van der Waals surface area contributed by atoms with Gasteiger partial charge in [0.2, 0.25) is 0 Å². The van der Waals surface area contributed by atoms with Crippen molar-refractivity contribution in [2.75, 3.05) is 0 Å². The zero-order chi connectivity index (χ0) is 7.40. The van der Waals surface area contributed by atoms with E-state index >= 15 is 0 Å². The first-order valence-electron chi connectivity index (χ1n) is 2.82. The average molecular weight is 140 g/mol. The van der Waals surface area contributed by atoms with Gasteiger partial charge >= 0.3 is 0 Å². The monoisotopic (exact) mass is 140 g/mol. The van der Waals surface area contributed by atoms with Crippen LogP contribution in [0.25, 0.3) is 0 Å². The summed E-state index contributed by atoms with van der Waals surface area (Å²) in [5.41, 5.74) is 5.11. The number of nitrogens with two attached hydrogens (primary N) is 1. The third-order valence-electron chi connectivity index (χ3n) is 1.00. The van der Waals surface area contributed by atoms with Crippen molar-refractivity contribution in [3.05, 3.63) is 6.33 Å². The van der Waals surface area contributed by atoms with Crippen LogP contribution < -0.4 is 5.73 Å². The SMILES string of the molecule is N=C(N)CCn1cnnn1. The van der Waals surface area contributed by atoms with Crippen molar-refractivity contribution >= 4 is 5.84 Å². The van der Waals surface area contributed by atoms with Crippen LogP contribution in [0.4, 0.5) is 0 Å². The fourth-order valence-electron chi connectivity index (χ4n) is 0.518. The first-order valence-corrected chi connectivity index (χ1v) is 2.82. The summed E-state index contributed by atoms with van der Waals surface area (Å²) in [6.07, 6.45) is 1.98. The number of aryl methyl sites for hydroxylation is 1. The number of hydrogen-bond acceptors (Lipinski definition) is 4. The topological polar surface area (TPSA) is 93.5 Å². The van der Waals surface area contributed by atoms with E-state index in [9.17, 15) is 0 Å². The molecule has 10 heavy (non-hydrogen) atoms. The molecule has 0 unspecified atom stereocenters. The van der Waals surface area contributed by atoms with Crippen LogP contribution in [-0.2, 0) is 6.54 Å². The van der Waals surface area contributed by atoms with Crippen LogP contribution in [0.15, 0.2) is 6.33 Å². The highest BCUT2D eigenvalue weighted by molar-refractivity contribution is 5.76. The van der Waals surface area contributed by atoms with Gasteiger partial charge in [0.15, 0.2) is 0 Å². The van der Waals surface area contributed by atoms with Crippen LogP contribution in [0.1, 0.15) is 6.42 Å². The van der Waals surface area contributed by atoms with E-state index in [0.29, 0.717) is 13.0 Å². The predicted molar refractivity (Wildman–Crippen MR) is 34.3 cm³/mol. The molecule has 3 N–H and O–H groups in total. The molecule has 0 fully saturated rings. The number of nitrogens with one attached hydrogen (secondary N) is 1. The zero-order valence-corrected chi connectivity index (χ0v) is 5.36. The maximum absolute atomic E-state index is 6.89. The standard InChI is InChI=1S/C4H8N6/c5-4(6)1-2-10-3-7-8-9-10/h3H,1-2H2,(H3,5,6). The Balaban J connectivity index is 2.35. The molecular weight excluding hydrogens is 132 g/mol. The van der Waals surface area contributed by atoms with E-state index in [0.717, 1.165) is 0 Å². The van der Waals surface area contributed by atoms with Crippen molar-refractivity contribution in [3.8, 4) is 0 Å². The van der Waals surface area contributed by atoms with Gasteiger partial charge in [-0.25, -0.2) is 4.68 Å². The Labute approximate surface area is 57.5 Å². The Kier molecular flexibility index (Phi) is 1.93. The molecule has 0 aliphatic heterocycles. The molecule has 54 valence electrons. The first-order chi connectivity index (χ1) is 4.79. The molecule has 1 rings (SSSR count). The second-order valence-corrected chi connectivity index (χ2v) is 1.85. The van der Waals surface area contributed by atoms with Gasteiger partial charge < -0.3 is 5.73 Å². The molecule has 0 bridgehead atoms. The molecule has 6 nitrogen and oxygen atoms in total. The number of nitrogens with zero attached hydrogens (tertiary/aromatic N) is 4. The van der Waals surface area contributed by atoms with Crippen molar-refractivity contribution in [3.63, 3.8) is 0 Å². The fourth-order valence-corrected chi connectivity index (χ4v) is 0.518. The number of amidine groups is 1. The van der Waals surface area contributed by atoms with Crippen molar-refractivity contribution in [1.82, 2.24) is 20.2 Å². The van der Waals surface area contributed by atoms with Crippen LogP contribution in [0.2, 0.25) is 0 Å². The molecule has 6 heteroatoms. The van der Waals surface area contributed by atoms with Crippen molar-refractivity contribution < 1.29 is 0 Å². The molecule has 0 saturated heterocycles. The Morgan fingerprint density at radius 1 is 1.70 bits per heavy atom. The third kappa shape index (κ3) is 1.81. The molecular formula is C4H8N6. The third-order valence-corrected chi connectivity index (χ3v) is 1.00. The Morgan fingerprint density at radius 2 is 2.50 bits per heavy atom. The van der Waals surface area contributed by atoms with Gasteiger partial charge in [-0.1, -0.05) is 0 Å². The van der Waals surface area contributed by atoms with Gasteiger partial charge in [-0.2, -0.15) is 0 Å². The second kappa shape index (κ2) is 2.90. The maximum Gasteiger partial charge on any atom is 0.138 e. The van der Waals surface area contributed by atoms with E-state index in [2.05, 4.69) is 15.5 Å². The highest BCUT2D eigenvalue weighted by Crippen LogP contribution is 1.82. The normalized spacial score (nSPS) is 9.60. The quantitative estimate of drug-likeness (QED) is 0.416. The Bertz CT molecular complexity index is 202. The molecule has 1 heterocycles. The van der Waals surface area contributed by atoms with E-state index in [1.54, 1.807) is 0 Å². The summed E-state index contributed by atoms with van der Waals surface area (Å²) in [5.74, 6) is 0.149. The van der Waals surface area contributed by atoms with Crippen LogP contribution >= 0.6 is 0 Å². The predicted octanol–water partition coefficient (Wildman–Crippen LogP) is -1.00. The molecule has 0 aromatic carbocycles. The maximum atomic E-state index is 6.89. The van der Waals surface area contributed by atoms with Gasteiger partial charge in [-0.05, 0) is 10.4 Å². The van der Waals surface area contributed by atoms with Gasteiger partial charge in [0.25, 0.3) is 0 Å². The fraction of sp³-hybridized carbons (Fsp3) is 0.500. The molecule has 0 atom stereocenters. The molecule has 0 radical (unpaired) electrons. The summed E-state index contributed by atoms with van der Waals surface area (Å²) in [6, 6.07) is 0. The van der Waals surface area contributed by atoms with Crippen LogP contribution in [0, 0.1) is 5.41 Å². The number of rotatable bonds is 3. The number of tetrazole rings is 1. The summed E-state index contributed by atoms with van der Waals surface area (Å²) in [4.78, 5) is 0. The number of aromatic nitrogens is 4. The summed E-state index contributed by atoms with van der Waals surface area (Å²) in [5, 5.41) is 17.3. The van der Waals surface area contributed by atoms with Gasteiger partial charge in [-0.15, -0.1) is 5.10 Å². The molecule has 0 aliphatic carbocycles. The van der Waals surface area contributed by atoms with Gasteiger partial charge in [0.05, 0.1) is 12.4 Å². The van der Waals surface area contributed by atoms with E-state index in [1.165, 1.54) is 11.0 Å². The van der Waals surface area contributed by atoms with Crippen molar-refractivity contribution in [1.29, 1.82) is 5.41 Å². The Morgan fingerprint density at radius 3 is 3.00 bits per heavy atom. The van der Waals surface area contributed by atoms with E-state index in [1.807, 2.05) is 0 Å². The van der Waals surface area contributed by atoms with E-state index in [4.69, 9.17) is 11.1 Å². The molecule has 0 saturated carbocycles. The van der Waals surface area contributed by atoms with Crippen LogP contribution in [-0.4, -0.2) is 26.0 Å². The molecule has 1 aromatic heterocycles. The average Bonchev–Trinajstić information content (AvgIpc) is 2.34. The summed E-state index contributed by atoms with van der Waals surface area (Å²) in [7, 11) is 0. The highest BCUT2D eigenvalue weighted by atomic mass is 15.5. The van der Waals surface area contributed by atoms with Gasteiger partial charge in [0, 0.05) is 6.42 Å². The lowest BCUT2D eigenvalue weighted by Crippen LogP contribution is -2.13. The minimum atomic E-state index is 0.149. The summed E-state index contributed by atoms with van der Waals surface area (Å²) in [6.45, 7) is 0.572. The second-order valence-electron chi connectivity index (χ2n) is 1.85. The van der Waals surface area contributed by atoms with Crippen molar-refractivity contribution in [2.24, 2.45) is 5.73 Å². The molecule has 1 aromatic rings. The summed E-state index contributed by atoms with van der Waals surface area (Å²) >= 11 is 0. The zero-order valence-electron chi connectivity index (χ0n) is 5.36. The largest absolute Gasteiger partial charge is 0.388 e.